The van der Waals surface area contributed by atoms with Gasteiger partial charge in [0.15, 0.2) is 0 Å². The molecule has 1 aromatic carbocycles. The summed E-state index contributed by atoms with van der Waals surface area (Å²) < 4.78 is 18.1. The number of rotatable bonds is 1. The average molecular weight is 152 g/mol. The lowest BCUT2D eigenvalue weighted by Crippen LogP contribution is -1.91. The fraction of sp³-hybridized carbons (Fsp3) is 0.333. The topological polar surface area (TPSA) is 12.5 Å². The molecule has 1 atom stereocenters. The Balaban J connectivity index is 2.48. The van der Waals surface area contributed by atoms with Gasteiger partial charge in [0.05, 0.1) is 6.61 Å². The van der Waals surface area contributed by atoms with E-state index in [0.29, 0.717) is 6.61 Å². The van der Waals surface area contributed by atoms with Crippen LogP contribution in [0.25, 0.3) is 0 Å². The molecule has 1 aliphatic rings. The fourth-order valence-corrected chi connectivity index (χ4v) is 1.27. The first kappa shape index (κ1) is 6.80. The zero-order valence-corrected chi connectivity index (χ0v) is 6.30. The van der Waals surface area contributed by atoms with Crippen LogP contribution in [0, 0.1) is 12.7 Å². The van der Waals surface area contributed by atoms with Crippen LogP contribution in [-0.4, -0.2) is 6.61 Å². The van der Waals surface area contributed by atoms with Crippen molar-refractivity contribution in [1.29, 1.82) is 0 Å². The van der Waals surface area contributed by atoms with E-state index in [4.69, 9.17) is 4.74 Å². The first-order chi connectivity index (χ1) is 5.29. The predicted molar refractivity (Wildman–Crippen MR) is 39.8 cm³/mol. The van der Waals surface area contributed by atoms with E-state index >= 15 is 0 Å². The van der Waals surface area contributed by atoms with Gasteiger partial charge in [0.1, 0.15) is 11.9 Å². The van der Waals surface area contributed by atoms with Crippen molar-refractivity contribution in [3.63, 3.8) is 0 Å². The van der Waals surface area contributed by atoms with E-state index < -0.39 is 0 Å². The lowest BCUT2D eigenvalue weighted by Gasteiger charge is -2.01. The number of benzene rings is 1. The molecule has 0 spiro atoms. The summed E-state index contributed by atoms with van der Waals surface area (Å²) in [4.78, 5) is 0. The summed E-state index contributed by atoms with van der Waals surface area (Å²) >= 11 is 0. The van der Waals surface area contributed by atoms with Crippen LogP contribution in [0.5, 0.6) is 0 Å². The van der Waals surface area contributed by atoms with Crippen LogP contribution in [0.15, 0.2) is 18.2 Å². The number of aryl methyl sites for hydroxylation is 1. The fourth-order valence-electron chi connectivity index (χ4n) is 1.27. The van der Waals surface area contributed by atoms with Gasteiger partial charge in [-0.05, 0) is 18.6 Å². The number of halogens is 1. The molecule has 1 saturated heterocycles. The standard InChI is InChI=1S/C9H9FO/c1-6-3-2-4-7(10)9(6)8-5-11-8/h2-4,8H,5H2,1H3/t8-/m1/s1. The molecule has 0 aliphatic carbocycles. The summed E-state index contributed by atoms with van der Waals surface area (Å²) in [6.45, 7) is 2.57. The van der Waals surface area contributed by atoms with Crippen LogP contribution < -0.4 is 0 Å². The largest absolute Gasteiger partial charge is 0.368 e. The first-order valence-electron chi connectivity index (χ1n) is 3.65. The van der Waals surface area contributed by atoms with Crippen LogP contribution in [0.4, 0.5) is 4.39 Å². The van der Waals surface area contributed by atoms with Crippen molar-refractivity contribution in [3.05, 3.63) is 35.1 Å². The number of hydrogen-bond donors (Lipinski definition) is 0. The van der Waals surface area contributed by atoms with Crippen molar-refractivity contribution in [1.82, 2.24) is 0 Å². The van der Waals surface area contributed by atoms with E-state index in [9.17, 15) is 4.39 Å². The highest BCUT2D eigenvalue weighted by Gasteiger charge is 2.28. The average Bonchev–Trinajstić information content (AvgIpc) is 2.70. The third-order valence-corrected chi connectivity index (χ3v) is 1.93. The normalized spacial score (nSPS) is 21.8. The van der Waals surface area contributed by atoms with Gasteiger partial charge >= 0.3 is 0 Å². The minimum atomic E-state index is -0.146. The summed E-state index contributed by atoms with van der Waals surface area (Å²) in [5, 5.41) is 0. The maximum absolute atomic E-state index is 13.1. The Labute approximate surface area is 64.8 Å². The zero-order valence-electron chi connectivity index (χ0n) is 6.30. The molecule has 0 N–H and O–H groups in total. The van der Waals surface area contributed by atoms with Gasteiger partial charge in [-0.2, -0.15) is 0 Å². The van der Waals surface area contributed by atoms with Crippen LogP contribution in [0.3, 0.4) is 0 Å². The van der Waals surface area contributed by atoms with Crippen LogP contribution in [0.1, 0.15) is 17.2 Å². The van der Waals surface area contributed by atoms with Crippen molar-refractivity contribution in [3.8, 4) is 0 Å². The maximum Gasteiger partial charge on any atom is 0.129 e. The van der Waals surface area contributed by atoms with Crippen molar-refractivity contribution in [2.75, 3.05) is 6.61 Å². The van der Waals surface area contributed by atoms with Gasteiger partial charge in [-0.25, -0.2) is 4.39 Å². The van der Waals surface area contributed by atoms with Gasteiger partial charge in [-0.15, -0.1) is 0 Å². The summed E-state index contributed by atoms with van der Waals surface area (Å²) in [6, 6.07) is 5.10. The molecule has 1 heterocycles. The summed E-state index contributed by atoms with van der Waals surface area (Å²) in [6.07, 6.45) is 0.0243. The molecule has 1 aliphatic heterocycles. The predicted octanol–water partition coefficient (Wildman–Crippen LogP) is 2.21. The minimum Gasteiger partial charge on any atom is -0.368 e. The van der Waals surface area contributed by atoms with Gasteiger partial charge in [-0.3, -0.25) is 0 Å². The highest BCUT2D eigenvalue weighted by Crippen LogP contribution is 2.33. The van der Waals surface area contributed by atoms with E-state index in [1.54, 1.807) is 6.07 Å². The van der Waals surface area contributed by atoms with E-state index in [2.05, 4.69) is 0 Å². The Hall–Kier alpha value is -0.890. The smallest absolute Gasteiger partial charge is 0.129 e. The number of hydrogen-bond acceptors (Lipinski definition) is 1. The molecule has 1 aromatic rings. The van der Waals surface area contributed by atoms with Gasteiger partial charge in [-0.1, -0.05) is 12.1 Å². The first-order valence-corrected chi connectivity index (χ1v) is 3.65. The summed E-state index contributed by atoms with van der Waals surface area (Å²) in [7, 11) is 0. The Bertz CT molecular complexity index is 259. The lowest BCUT2D eigenvalue weighted by molar-refractivity contribution is 0.407. The van der Waals surface area contributed by atoms with Gasteiger partial charge < -0.3 is 4.74 Å². The molecule has 58 valence electrons. The summed E-state index contributed by atoms with van der Waals surface area (Å²) in [5.41, 5.74) is 1.71. The van der Waals surface area contributed by atoms with Crippen molar-refractivity contribution >= 4 is 0 Å². The van der Waals surface area contributed by atoms with Gasteiger partial charge in [0.25, 0.3) is 0 Å². The summed E-state index contributed by atoms with van der Waals surface area (Å²) in [5.74, 6) is -0.146. The Morgan fingerprint density at radius 1 is 1.55 bits per heavy atom. The molecular formula is C9H9FO. The maximum atomic E-state index is 13.1. The molecule has 2 rings (SSSR count). The number of ether oxygens (including phenoxy) is 1. The lowest BCUT2D eigenvalue weighted by atomic mass is 10.1. The van der Waals surface area contributed by atoms with Crippen LogP contribution in [-0.2, 0) is 4.74 Å². The molecule has 0 radical (unpaired) electrons. The van der Waals surface area contributed by atoms with Crippen LogP contribution >= 0.6 is 0 Å². The van der Waals surface area contributed by atoms with E-state index in [0.717, 1.165) is 11.1 Å². The van der Waals surface area contributed by atoms with Gasteiger partial charge in [0, 0.05) is 5.56 Å². The minimum absolute atomic E-state index is 0.0243. The van der Waals surface area contributed by atoms with Crippen molar-refractivity contribution in [2.45, 2.75) is 13.0 Å². The second-order valence-electron chi connectivity index (χ2n) is 2.79. The highest BCUT2D eigenvalue weighted by atomic mass is 19.1. The molecular weight excluding hydrogens is 143 g/mol. The molecule has 0 saturated carbocycles. The van der Waals surface area contributed by atoms with E-state index in [-0.39, 0.29) is 11.9 Å². The van der Waals surface area contributed by atoms with Crippen LogP contribution in [0.2, 0.25) is 0 Å². The third kappa shape index (κ3) is 1.14. The molecule has 0 amide bonds. The molecule has 0 unspecified atom stereocenters. The van der Waals surface area contributed by atoms with E-state index in [1.807, 2.05) is 13.0 Å². The Kier molecular flexibility index (Phi) is 1.43. The molecule has 0 bridgehead atoms. The quantitative estimate of drug-likeness (QED) is 0.562. The molecule has 0 aromatic heterocycles. The van der Waals surface area contributed by atoms with Crippen molar-refractivity contribution < 1.29 is 9.13 Å². The molecule has 11 heavy (non-hydrogen) atoms. The second kappa shape index (κ2) is 2.31. The Morgan fingerprint density at radius 3 is 2.82 bits per heavy atom. The molecule has 2 heteroatoms. The van der Waals surface area contributed by atoms with E-state index in [1.165, 1.54) is 6.07 Å². The second-order valence-corrected chi connectivity index (χ2v) is 2.79. The molecule has 1 fully saturated rings. The Morgan fingerprint density at radius 2 is 2.27 bits per heavy atom. The zero-order chi connectivity index (χ0) is 7.84. The third-order valence-electron chi connectivity index (χ3n) is 1.93. The highest BCUT2D eigenvalue weighted by molar-refractivity contribution is 5.31. The number of epoxide rings is 1. The van der Waals surface area contributed by atoms with Gasteiger partial charge in [0.2, 0.25) is 0 Å². The SMILES string of the molecule is Cc1cccc(F)c1[C@H]1CO1. The monoisotopic (exact) mass is 152 g/mol. The van der Waals surface area contributed by atoms with Crippen molar-refractivity contribution in [2.24, 2.45) is 0 Å². The molecule has 1 nitrogen and oxygen atoms in total.